The van der Waals surface area contributed by atoms with Gasteiger partial charge in [0.2, 0.25) is 0 Å². The highest BCUT2D eigenvalue weighted by Crippen LogP contribution is 2.23. The van der Waals surface area contributed by atoms with Crippen LogP contribution >= 0.6 is 11.8 Å². The smallest absolute Gasteiger partial charge is 0.255 e. The molecule has 0 aliphatic heterocycles. The lowest BCUT2D eigenvalue weighted by Crippen LogP contribution is -2.31. The zero-order valence-corrected chi connectivity index (χ0v) is 15.0. The fraction of sp³-hybridized carbons (Fsp3) is 0.222. The van der Waals surface area contributed by atoms with Crippen LogP contribution in [0, 0.1) is 23.3 Å². The van der Waals surface area contributed by atoms with Gasteiger partial charge in [0.1, 0.15) is 5.82 Å². The van der Waals surface area contributed by atoms with E-state index in [9.17, 15) is 22.4 Å². The van der Waals surface area contributed by atoms with Crippen molar-refractivity contribution in [3.05, 3.63) is 65.0 Å². The Morgan fingerprint density at radius 3 is 2.63 bits per heavy atom. The highest BCUT2D eigenvalue weighted by atomic mass is 32.2. The van der Waals surface area contributed by atoms with E-state index in [1.54, 1.807) is 6.07 Å². The molecule has 1 atom stereocenters. The van der Waals surface area contributed by atoms with Gasteiger partial charge < -0.3 is 10.3 Å². The molecule has 142 valence electrons. The Hall–Kier alpha value is -2.55. The van der Waals surface area contributed by atoms with Crippen LogP contribution in [0.5, 0.6) is 0 Å². The van der Waals surface area contributed by atoms with E-state index < -0.39 is 40.8 Å². The van der Waals surface area contributed by atoms with Crippen LogP contribution in [0.25, 0.3) is 11.0 Å². The van der Waals surface area contributed by atoms with Crippen LogP contribution < -0.4 is 5.32 Å². The van der Waals surface area contributed by atoms with Crippen LogP contribution in [0.1, 0.15) is 28.6 Å². The number of amides is 1. The number of aromatic nitrogens is 2. The van der Waals surface area contributed by atoms with E-state index in [2.05, 4.69) is 15.3 Å². The number of para-hydroxylation sites is 2. The Labute approximate surface area is 156 Å². The van der Waals surface area contributed by atoms with Crippen molar-refractivity contribution in [2.75, 3.05) is 12.0 Å². The average molecular weight is 397 g/mol. The molecule has 0 radical (unpaired) electrons. The highest BCUT2D eigenvalue weighted by molar-refractivity contribution is 7.98. The first-order valence-electron chi connectivity index (χ1n) is 7.99. The minimum absolute atomic E-state index is 0.341. The van der Waals surface area contributed by atoms with Crippen LogP contribution in [0.15, 0.2) is 30.3 Å². The molecule has 0 saturated carbocycles. The third-order valence-electron chi connectivity index (χ3n) is 4.00. The number of fused-ring (bicyclic) bond motifs is 1. The molecule has 0 unspecified atom stereocenters. The minimum atomic E-state index is -2.02. The molecular formula is C18H15F4N3OS. The maximum Gasteiger partial charge on any atom is 0.255 e. The summed E-state index contributed by atoms with van der Waals surface area (Å²) in [5.74, 6) is -7.33. The molecule has 1 amide bonds. The van der Waals surface area contributed by atoms with E-state index in [0.717, 1.165) is 5.52 Å². The Morgan fingerprint density at radius 1 is 1.19 bits per heavy atom. The fourth-order valence-electron chi connectivity index (χ4n) is 2.62. The van der Waals surface area contributed by atoms with Gasteiger partial charge in [-0.3, -0.25) is 4.79 Å². The molecule has 9 heteroatoms. The molecule has 3 aromatic rings. The normalized spacial score (nSPS) is 12.3. The van der Waals surface area contributed by atoms with Crippen molar-refractivity contribution in [1.29, 1.82) is 0 Å². The summed E-state index contributed by atoms with van der Waals surface area (Å²) in [6.07, 6.45) is 2.32. The number of carbonyl (C=O) groups excluding carboxylic acids is 1. The van der Waals surface area contributed by atoms with Crippen LogP contribution in [0.2, 0.25) is 0 Å². The first kappa shape index (κ1) is 19.2. The van der Waals surface area contributed by atoms with Gasteiger partial charge in [-0.05, 0) is 36.6 Å². The molecule has 0 aliphatic carbocycles. The zero-order valence-electron chi connectivity index (χ0n) is 14.2. The highest BCUT2D eigenvalue weighted by Gasteiger charge is 2.26. The molecule has 27 heavy (non-hydrogen) atoms. The fourth-order valence-corrected chi connectivity index (χ4v) is 3.10. The van der Waals surface area contributed by atoms with Crippen molar-refractivity contribution in [3.63, 3.8) is 0 Å². The van der Waals surface area contributed by atoms with Crippen LogP contribution in [-0.2, 0) is 0 Å². The Morgan fingerprint density at radius 2 is 1.93 bits per heavy atom. The summed E-state index contributed by atoms with van der Waals surface area (Å²) in [4.78, 5) is 19.9. The second kappa shape index (κ2) is 7.99. The third-order valence-corrected chi connectivity index (χ3v) is 4.64. The number of benzene rings is 2. The van der Waals surface area contributed by atoms with Gasteiger partial charge in [-0.2, -0.15) is 11.8 Å². The molecule has 0 saturated heterocycles. The van der Waals surface area contributed by atoms with E-state index in [-0.39, 0.29) is 0 Å². The number of carbonyl (C=O) groups is 1. The summed E-state index contributed by atoms with van der Waals surface area (Å²) in [6, 6.07) is 6.92. The minimum Gasteiger partial charge on any atom is -0.342 e. The van der Waals surface area contributed by atoms with Crippen molar-refractivity contribution >= 4 is 28.7 Å². The second-order valence-electron chi connectivity index (χ2n) is 5.79. The van der Waals surface area contributed by atoms with E-state index in [4.69, 9.17) is 0 Å². The number of imidazole rings is 1. The quantitative estimate of drug-likeness (QED) is 0.370. The lowest BCUT2D eigenvalue weighted by atomic mass is 10.1. The topological polar surface area (TPSA) is 57.8 Å². The predicted molar refractivity (Wildman–Crippen MR) is 95.6 cm³/mol. The Kier molecular flexibility index (Phi) is 5.69. The van der Waals surface area contributed by atoms with Gasteiger partial charge in [-0.1, -0.05) is 12.1 Å². The maximum absolute atomic E-state index is 13.9. The number of halogens is 4. The van der Waals surface area contributed by atoms with Gasteiger partial charge in [0.05, 0.1) is 22.6 Å². The van der Waals surface area contributed by atoms with Gasteiger partial charge in [-0.25, -0.2) is 22.5 Å². The van der Waals surface area contributed by atoms with Crippen molar-refractivity contribution in [2.45, 2.75) is 12.5 Å². The third kappa shape index (κ3) is 3.92. The number of hydrogen-bond acceptors (Lipinski definition) is 3. The van der Waals surface area contributed by atoms with E-state index in [1.165, 1.54) is 11.8 Å². The number of hydrogen-bond donors (Lipinski definition) is 2. The Bertz CT molecular complexity index is 959. The SMILES string of the molecule is CSCC[C@H](NC(=O)c1cc(F)c(F)c(F)c1F)c1nc2ccccc2[nH]1. The monoisotopic (exact) mass is 397 g/mol. The molecule has 0 bridgehead atoms. The molecule has 0 spiro atoms. The van der Waals surface area contributed by atoms with Crippen molar-refractivity contribution in [1.82, 2.24) is 15.3 Å². The lowest BCUT2D eigenvalue weighted by Gasteiger charge is -2.17. The second-order valence-corrected chi connectivity index (χ2v) is 6.78. The molecule has 4 nitrogen and oxygen atoms in total. The number of nitrogens with one attached hydrogen (secondary N) is 2. The molecule has 3 rings (SSSR count). The first-order valence-corrected chi connectivity index (χ1v) is 9.39. The number of rotatable bonds is 6. The largest absolute Gasteiger partial charge is 0.342 e. The number of nitrogens with zero attached hydrogens (tertiary/aromatic N) is 1. The number of aromatic amines is 1. The van der Waals surface area contributed by atoms with Crippen LogP contribution in [0.4, 0.5) is 17.6 Å². The molecule has 2 N–H and O–H groups in total. The standard InChI is InChI=1S/C18H15F4N3OS/c1-27-7-6-13(17-23-11-4-2-3-5-12(11)24-17)25-18(26)9-8-10(19)15(21)16(22)14(9)20/h2-5,8,13H,6-7H2,1H3,(H,23,24)(H,25,26)/t13-/m0/s1. The molecule has 1 aromatic heterocycles. The zero-order chi connectivity index (χ0) is 19.6. The van der Waals surface area contributed by atoms with Gasteiger partial charge in [0, 0.05) is 0 Å². The summed E-state index contributed by atoms with van der Waals surface area (Å²) in [7, 11) is 0. The number of H-pyrrole nitrogens is 1. The van der Waals surface area contributed by atoms with Gasteiger partial charge in [-0.15, -0.1) is 0 Å². The van der Waals surface area contributed by atoms with E-state index in [0.29, 0.717) is 29.6 Å². The van der Waals surface area contributed by atoms with E-state index >= 15 is 0 Å². The lowest BCUT2D eigenvalue weighted by molar-refractivity contribution is 0.0928. The molecular weight excluding hydrogens is 382 g/mol. The summed E-state index contributed by atoms with van der Waals surface area (Å²) in [5.41, 5.74) is 0.526. The number of thioether (sulfide) groups is 1. The van der Waals surface area contributed by atoms with Crippen LogP contribution in [-0.4, -0.2) is 27.9 Å². The van der Waals surface area contributed by atoms with Gasteiger partial charge >= 0.3 is 0 Å². The van der Waals surface area contributed by atoms with Crippen molar-refractivity contribution in [2.24, 2.45) is 0 Å². The summed E-state index contributed by atoms with van der Waals surface area (Å²) in [5, 5.41) is 2.52. The van der Waals surface area contributed by atoms with Gasteiger partial charge in [0.25, 0.3) is 5.91 Å². The average Bonchev–Trinajstić information content (AvgIpc) is 3.10. The van der Waals surface area contributed by atoms with E-state index in [1.807, 2.05) is 24.5 Å². The van der Waals surface area contributed by atoms with Crippen molar-refractivity contribution < 1.29 is 22.4 Å². The molecule has 0 fully saturated rings. The predicted octanol–water partition coefficient (Wildman–Crippen LogP) is 4.34. The molecule has 0 aliphatic rings. The van der Waals surface area contributed by atoms with Crippen LogP contribution in [0.3, 0.4) is 0 Å². The maximum atomic E-state index is 13.9. The Balaban J connectivity index is 1.91. The molecule has 1 heterocycles. The summed E-state index contributed by atoms with van der Waals surface area (Å²) < 4.78 is 53.8. The van der Waals surface area contributed by atoms with Gasteiger partial charge in [0.15, 0.2) is 23.3 Å². The summed E-state index contributed by atoms with van der Waals surface area (Å²) in [6.45, 7) is 0. The first-order chi connectivity index (χ1) is 12.9. The summed E-state index contributed by atoms with van der Waals surface area (Å²) >= 11 is 1.53. The molecule has 2 aromatic carbocycles. The van der Waals surface area contributed by atoms with Crippen molar-refractivity contribution in [3.8, 4) is 0 Å².